The molecule has 2 amide bonds. The van der Waals surface area contributed by atoms with Gasteiger partial charge in [0.25, 0.3) is 0 Å². The highest BCUT2D eigenvalue weighted by atomic mass is 35.5. The predicted molar refractivity (Wildman–Crippen MR) is 144 cm³/mol. The lowest BCUT2D eigenvalue weighted by Crippen LogP contribution is -2.44. The number of H-pyrrole nitrogens is 1. The van der Waals surface area contributed by atoms with Gasteiger partial charge in [-0.25, -0.2) is 5.10 Å². The Morgan fingerprint density at radius 2 is 1.90 bits per heavy atom. The van der Waals surface area contributed by atoms with Gasteiger partial charge in [-0.3, -0.25) is 9.59 Å². The first kappa shape index (κ1) is 25.4. The average molecular weight is 541 g/mol. The van der Waals surface area contributed by atoms with E-state index in [9.17, 15) is 9.59 Å². The molecule has 0 unspecified atom stereocenters. The number of aromatic nitrogens is 8. The zero-order valence-electron chi connectivity index (χ0n) is 20.3. The summed E-state index contributed by atoms with van der Waals surface area (Å²) in [7, 11) is 0. The van der Waals surface area contributed by atoms with E-state index in [1.54, 1.807) is 42.5 Å². The summed E-state index contributed by atoms with van der Waals surface area (Å²) in [6.07, 6.45) is 4.65. The highest BCUT2D eigenvalue weighted by Crippen LogP contribution is 2.21. The quantitative estimate of drug-likeness (QED) is 0.241. The fraction of sp³-hybridized carbons (Fsp3) is 0.0769. The Bertz CT molecular complexity index is 1590. The van der Waals surface area contributed by atoms with E-state index in [-0.39, 0.29) is 12.3 Å². The number of aromatic amines is 1. The van der Waals surface area contributed by atoms with Crippen LogP contribution in [0.3, 0.4) is 0 Å². The van der Waals surface area contributed by atoms with Crippen LogP contribution in [0.2, 0.25) is 5.02 Å². The largest absolute Gasteiger partial charge is 0.340 e. The van der Waals surface area contributed by atoms with E-state index in [0.29, 0.717) is 33.3 Å². The third-order valence-corrected chi connectivity index (χ3v) is 5.90. The Labute approximate surface area is 227 Å². The zero-order valence-corrected chi connectivity index (χ0v) is 21.0. The van der Waals surface area contributed by atoms with Crippen molar-refractivity contribution in [1.82, 2.24) is 46.1 Å². The number of hydrogen-bond donors (Lipinski definition) is 3. The number of nitrogens with zero attached hydrogens (tertiary/aromatic N) is 7. The molecule has 3 N–H and O–H groups in total. The molecule has 0 fully saturated rings. The van der Waals surface area contributed by atoms with Crippen LogP contribution >= 0.6 is 11.6 Å². The lowest BCUT2D eigenvalue weighted by molar-refractivity contribution is -0.123. The van der Waals surface area contributed by atoms with Gasteiger partial charge in [-0.1, -0.05) is 54.1 Å². The summed E-state index contributed by atoms with van der Waals surface area (Å²) >= 11 is 6.17. The molecule has 0 saturated heterocycles. The van der Waals surface area contributed by atoms with Gasteiger partial charge in [0.1, 0.15) is 12.4 Å². The Kier molecular flexibility index (Phi) is 7.74. The van der Waals surface area contributed by atoms with E-state index in [2.05, 4.69) is 46.8 Å². The van der Waals surface area contributed by atoms with Crippen molar-refractivity contribution in [3.05, 3.63) is 101 Å². The van der Waals surface area contributed by atoms with E-state index < -0.39 is 11.9 Å². The van der Waals surface area contributed by atoms with Gasteiger partial charge >= 0.3 is 0 Å². The number of halogens is 1. The van der Waals surface area contributed by atoms with Gasteiger partial charge in [-0.15, -0.1) is 10.2 Å². The minimum atomic E-state index is -0.863. The second-order valence-electron chi connectivity index (χ2n) is 8.36. The Morgan fingerprint density at radius 3 is 2.67 bits per heavy atom. The number of tetrazole rings is 2. The fourth-order valence-electron chi connectivity index (χ4n) is 3.84. The standard InChI is InChI=1S/C26H21ClN10O2/c27-20-10-11-23(37-16-28-33-36-37)18(14-20)9-12-24(38)30-22(13-17-5-2-1-3-6-17)26(39)29-21-8-4-7-19(15-21)25-31-34-35-32-25/h1-12,14-16,22H,13H2,(H,29,39)(H,30,38)(H,31,32,34,35)/t22-/m0/s1. The smallest absolute Gasteiger partial charge is 0.247 e. The molecule has 39 heavy (non-hydrogen) atoms. The molecule has 0 bridgehead atoms. The summed E-state index contributed by atoms with van der Waals surface area (Å²) < 4.78 is 1.46. The Hall–Kier alpha value is -5.23. The molecule has 1 atom stereocenters. The van der Waals surface area contributed by atoms with Crippen LogP contribution in [-0.4, -0.2) is 58.7 Å². The zero-order chi connectivity index (χ0) is 27.0. The first-order valence-corrected chi connectivity index (χ1v) is 12.1. The topological polar surface area (TPSA) is 156 Å². The van der Waals surface area contributed by atoms with Gasteiger partial charge in [0.05, 0.1) is 5.69 Å². The number of nitrogens with one attached hydrogen (secondary N) is 3. The molecule has 194 valence electrons. The molecule has 5 rings (SSSR count). The van der Waals surface area contributed by atoms with Gasteiger partial charge < -0.3 is 10.6 Å². The first-order chi connectivity index (χ1) is 19.0. The number of rotatable bonds is 9. The molecule has 2 aromatic heterocycles. The summed E-state index contributed by atoms with van der Waals surface area (Å²) in [5.41, 5.74) is 3.37. The van der Waals surface area contributed by atoms with E-state index >= 15 is 0 Å². The van der Waals surface area contributed by atoms with E-state index in [1.165, 1.54) is 17.1 Å². The van der Waals surface area contributed by atoms with Crippen molar-refractivity contribution in [3.8, 4) is 17.1 Å². The predicted octanol–water partition coefficient (Wildman–Crippen LogP) is 2.88. The Morgan fingerprint density at radius 1 is 1.03 bits per heavy atom. The maximum atomic E-state index is 13.3. The van der Waals surface area contributed by atoms with Crippen molar-refractivity contribution in [3.63, 3.8) is 0 Å². The molecule has 13 heteroatoms. The lowest BCUT2D eigenvalue weighted by atomic mass is 10.0. The third kappa shape index (κ3) is 6.56. The van der Waals surface area contributed by atoms with Crippen LogP contribution in [0.1, 0.15) is 11.1 Å². The lowest BCUT2D eigenvalue weighted by Gasteiger charge is -2.18. The average Bonchev–Trinajstić information content (AvgIpc) is 3.68. The molecule has 0 spiro atoms. The van der Waals surface area contributed by atoms with Crippen molar-refractivity contribution in [2.24, 2.45) is 0 Å². The normalized spacial score (nSPS) is 11.8. The molecule has 5 aromatic rings. The molecule has 0 saturated carbocycles. The number of hydrogen-bond acceptors (Lipinski definition) is 8. The molecule has 12 nitrogen and oxygen atoms in total. The van der Waals surface area contributed by atoms with Crippen molar-refractivity contribution in [1.29, 1.82) is 0 Å². The third-order valence-electron chi connectivity index (χ3n) is 5.66. The minimum absolute atomic E-state index is 0.283. The minimum Gasteiger partial charge on any atom is -0.340 e. The van der Waals surface area contributed by atoms with Crippen LogP contribution < -0.4 is 10.6 Å². The number of carbonyl (C=O) groups excluding carboxylic acids is 2. The molecular formula is C26H21ClN10O2. The number of benzene rings is 3. The van der Waals surface area contributed by atoms with Crippen molar-refractivity contribution < 1.29 is 9.59 Å². The van der Waals surface area contributed by atoms with Gasteiger partial charge in [0, 0.05) is 34.3 Å². The second-order valence-corrected chi connectivity index (χ2v) is 8.80. The van der Waals surface area contributed by atoms with Crippen molar-refractivity contribution >= 4 is 35.2 Å². The summed E-state index contributed by atoms with van der Waals surface area (Å²) in [5.74, 6) is -0.381. The van der Waals surface area contributed by atoms with E-state index in [0.717, 1.165) is 5.56 Å². The highest BCUT2D eigenvalue weighted by molar-refractivity contribution is 6.30. The molecule has 2 heterocycles. The molecule has 0 aliphatic heterocycles. The molecule has 0 aliphatic rings. The first-order valence-electron chi connectivity index (χ1n) is 11.8. The second kappa shape index (κ2) is 11.9. The molecule has 3 aromatic carbocycles. The van der Waals surface area contributed by atoms with Crippen molar-refractivity contribution in [2.75, 3.05) is 5.32 Å². The maximum absolute atomic E-state index is 13.3. The summed E-state index contributed by atoms with van der Waals surface area (Å²) in [5, 5.41) is 31.1. The van der Waals surface area contributed by atoms with Gasteiger partial charge in [-0.05, 0) is 62.8 Å². The SMILES string of the molecule is O=C(C=Cc1cc(Cl)ccc1-n1cnnn1)N[C@@H](Cc1ccccc1)C(=O)Nc1cccc(-c2nnn[nH]2)c1. The highest BCUT2D eigenvalue weighted by Gasteiger charge is 2.21. The van der Waals surface area contributed by atoms with Crippen LogP contribution in [0.15, 0.2) is 85.2 Å². The number of anilines is 1. The van der Waals surface area contributed by atoms with Crippen LogP contribution in [0.4, 0.5) is 5.69 Å². The number of amides is 2. The monoisotopic (exact) mass is 540 g/mol. The van der Waals surface area contributed by atoms with Crippen LogP contribution in [-0.2, 0) is 16.0 Å². The van der Waals surface area contributed by atoms with Crippen LogP contribution in [0.5, 0.6) is 0 Å². The van der Waals surface area contributed by atoms with E-state index in [1.807, 2.05) is 36.4 Å². The van der Waals surface area contributed by atoms with E-state index in [4.69, 9.17) is 11.6 Å². The van der Waals surface area contributed by atoms with Crippen LogP contribution in [0.25, 0.3) is 23.2 Å². The summed E-state index contributed by atoms with van der Waals surface area (Å²) in [6.45, 7) is 0. The molecule has 0 radical (unpaired) electrons. The number of carbonyl (C=O) groups is 2. The van der Waals surface area contributed by atoms with Gasteiger partial charge in [0.15, 0.2) is 5.82 Å². The molecule has 0 aliphatic carbocycles. The van der Waals surface area contributed by atoms with Crippen molar-refractivity contribution in [2.45, 2.75) is 12.5 Å². The maximum Gasteiger partial charge on any atom is 0.247 e. The summed E-state index contributed by atoms with van der Waals surface area (Å²) in [6, 6.07) is 20.8. The van der Waals surface area contributed by atoms with Gasteiger partial charge in [0.2, 0.25) is 11.8 Å². The van der Waals surface area contributed by atoms with Gasteiger partial charge in [-0.2, -0.15) is 4.68 Å². The Balaban J connectivity index is 1.34. The summed E-state index contributed by atoms with van der Waals surface area (Å²) in [4.78, 5) is 26.3. The van der Waals surface area contributed by atoms with Crippen LogP contribution in [0, 0.1) is 0 Å². The molecular weight excluding hydrogens is 520 g/mol. The fourth-order valence-corrected chi connectivity index (χ4v) is 4.02.